The first-order chi connectivity index (χ1) is 39.7. The summed E-state index contributed by atoms with van der Waals surface area (Å²) in [5.74, 6) is 4.44. The van der Waals surface area contributed by atoms with Gasteiger partial charge in [0, 0.05) is 74.5 Å². The number of ketones is 1. The molecular formula is C71H84N6O6. The van der Waals surface area contributed by atoms with Gasteiger partial charge in [-0.2, -0.15) is 0 Å². The topological polar surface area (TPSA) is 147 Å². The van der Waals surface area contributed by atoms with Crippen LogP contribution < -0.4 is 9.47 Å². The molecule has 0 bridgehead atoms. The summed E-state index contributed by atoms with van der Waals surface area (Å²) >= 11 is 0. The molecule has 0 saturated carbocycles. The normalized spacial score (nSPS) is 11.3. The van der Waals surface area contributed by atoms with Gasteiger partial charge in [0.25, 0.3) is 0 Å². The minimum absolute atomic E-state index is 0.247. The number of aliphatic carboxylic acids is 1. The number of benzene rings is 6. The van der Waals surface area contributed by atoms with E-state index in [1.54, 1.807) is 26.8 Å². The first-order valence-electron chi connectivity index (χ1n) is 28.9. The number of hydrogen-bond donors (Lipinski definition) is 2. The number of hydrogen-bond acceptors (Lipinski definition) is 8. The number of carbonyl (C=O) groups excluding carboxylic acids is 1. The molecule has 9 aromatic rings. The van der Waals surface area contributed by atoms with E-state index in [1.807, 2.05) is 87.9 Å². The molecule has 2 N–H and O–H groups in total. The third-order valence-corrected chi connectivity index (χ3v) is 15.5. The molecule has 0 unspecified atom stereocenters. The number of carboxylic acid groups (broad SMARTS) is 1. The van der Waals surface area contributed by atoms with Crippen LogP contribution in [0.3, 0.4) is 0 Å². The van der Waals surface area contributed by atoms with Gasteiger partial charge in [-0.05, 0) is 119 Å². The van der Waals surface area contributed by atoms with Gasteiger partial charge in [-0.1, -0.05) is 158 Å². The molecule has 0 aliphatic heterocycles. The Morgan fingerprint density at radius 3 is 1.12 bits per heavy atom. The first kappa shape index (κ1) is 62.1. The average molecular weight is 1120 g/mol. The zero-order chi connectivity index (χ0) is 59.7. The fraction of sp³-hybridized carbons (Fsp3) is 0.338. The Morgan fingerprint density at radius 2 is 0.771 bits per heavy atom. The Kier molecular flexibility index (Phi) is 21.7. The summed E-state index contributed by atoms with van der Waals surface area (Å²) in [6.07, 6.45) is 10.8. The van der Waals surface area contributed by atoms with Crippen LogP contribution in [0.15, 0.2) is 164 Å². The van der Waals surface area contributed by atoms with E-state index in [4.69, 9.17) is 9.47 Å². The van der Waals surface area contributed by atoms with Gasteiger partial charge in [0.2, 0.25) is 0 Å². The van der Waals surface area contributed by atoms with E-state index in [2.05, 4.69) is 154 Å². The number of phenols is 1. The van der Waals surface area contributed by atoms with Gasteiger partial charge < -0.3 is 33.4 Å². The third-order valence-electron chi connectivity index (χ3n) is 15.5. The van der Waals surface area contributed by atoms with Gasteiger partial charge in [0.05, 0.1) is 38.3 Å². The maximum atomic E-state index is 11.7. The Balaban J connectivity index is 0.000000182. The number of phenolic OH excluding ortho intramolecular Hbond substituents is 1. The Bertz CT molecular complexity index is 3360. The maximum absolute atomic E-state index is 11.7. The van der Waals surface area contributed by atoms with Gasteiger partial charge in [-0.25, -0.2) is 15.0 Å². The highest BCUT2D eigenvalue weighted by atomic mass is 16.5. The van der Waals surface area contributed by atoms with E-state index in [9.17, 15) is 19.8 Å². The SMILES string of the molecule is CC(=O)C(C)(C)CCCCOc1ccccc1Cn1c(C)cnc1-c1ccc(C)cc1.Cc1ccc(-c2ncc(C)n2Cc2ccccc2O)cc1.Cc1ccc(-c2ncc(C)n2Cc2ccccc2OCCCCC(C)(C)C(=O)O)cc1. The quantitative estimate of drug-likeness (QED) is 0.0598. The van der Waals surface area contributed by atoms with Gasteiger partial charge >= 0.3 is 5.97 Å². The molecule has 12 nitrogen and oxygen atoms in total. The number of aromatic hydroxyl groups is 1. The molecule has 83 heavy (non-hydrogen) atoms. The second kappa shape index (κ2) is 29.0. The van der Waals surface area contributed by atoms with Crippen molar-refractivity contribution < 1.29 is 29.3 Å². The molecule has 0 spiro atoms. The Labute approximate surface area is 491 Å². The third kappa shape index (κ3) is 17.3. The molecule has 9 rings (SSSR count). The zero-order valence-electron chi connectivity index (χ0n) is 50.6. The van der Waals surface area contributed by atoms with Crippen LogP contribution in [-0.2, 0) is 29.2 Å². The van der Waals surface area contributed by atoms with Crippen LogP contribution in [0.5, 0.6) is 17.2 Å². The number of rotatable bonds is 23. The van der Waals surface area contributed by atoms with Crippen molar-refractivity contribution in [3.05, 3.63) is 215 Å². The number of aromatic nitrogens is 6. The number of aryl methyl sites for hydroxylation is 6. The van der Waals surface area contributed by atoms with Crippen molar-refractivity contribution in [1.29, 1.82) is 0 Å². The van der Waals surface area contributed by atoms with E-state index in [0.29, 0.717) is 45.0 Å². The summed E-state index contributed by atoms with van der Waals surface area (Å²) in [5.41, 5.74) is 12.5. The summed E-state index contributed by atoms with van der Waals surface area (Å²) < 4.78 is 18.8. The summed E-state index contributed by atoms with van der Waals surface area (Å²) in [6, 6.07) is 49.0. The van der Waals surface area contributed by atoms with Crippen molar-refractivity contribution in [2.45, 2.75) is 134 Å². The Hall–Kier alpha value is -8.51. The number of ether oxygens (including phenoxy) is 2. The molecule has 0 aliphatic rings. The fourth-order valence-corrected chi connectivity index (χ4v) is 9.47. The molecule has 0 fully saturated rings. The minimum Gasteiger partial charge on any atom is -0.508 e. The highest BCUT2D eigenvalue weighted by Gasteiger charge is 2.26. The summed E-state index contributed by atoms with van der Waals surface area (Å²) in [7, 11) is 0. The zero-order valence-corrected chi connectivity index (χ0v) is 50.6. The van der Waals surface area contributed by atoms with Crippen molar-refractivity contribution in [1.82, 2.24) is 28.7 Å². The lowest BCUT2D eigenvalue weighted by molar-refractivity contribution is -0.147. The number of carboxylic acids is 1. The second-order valence-corrected chi connectivity index (χ2v) is 23.1. The van der Waals surface area contributed by atoms with Crippen LogP contribution in [0, 0.1) is 52.4 Å². The number of imidazole rings is 3. The number of Topliss-reactive ketones (excluding diaryl/α,β-unsaturated/α-hetero) is 1. The van der Waals surface area contributed by atoms with Gasteiger partial charge in [-0.3, -0.25) is 9.59 Å². The molecule has 12 heteroatoms. The lowest BCUT2D eigenvalue weighted by Crippen LogP contribution is -2.23. The molecule has 3 heterocycles. The molecule has 0 amide bonds. The molecule has 6 aromatic carbocycles. The van der Waals surface area contributed by atoms with Crippen molar-refractivity contribution in [2.75, 3.05) is 13.2 Å². The molecule has 0 saturated heterocycles. The summed E-state index contributed by atoms with van der Waals surface area (Å²) in [4.78, 5) is 36.7. The fourth-order valence-electron chi connectivity index (χ4n) is 9.47. The van der Waals surface area contributed by atoms with E-state index >= 15 is 0 Å². The average Bonchev–Trinajstić information content (AvgIpc) is 4.28. The van der Waals surface area contributed by atoms with E-state index in [1.165, 1.54) is 16.7 Å². The molecule has 0 aliphatic carbocycles. The van der Waals surface area contributed by atoms with Gasteiger partial charge in [-0.15, -0.1) is 0 Å². The van der Waals surface area contributed by atoms with E-state index in [0.717, 1.165) is 112 Å². The molecule has 434 valence electrons. The van der Waals surface area contributed by atoms with Crippen LogP contribution in [-0.4, -0.2) is 63.8 Å². The molecular weight excluding hydrogens is 1030 g/mol. The van der Waals surface area contributed by atoms with E-state index in [-0.39, 0.29) is 11.2 Å². The lowest BCUT2D eigenvalue weighted by atomic mass is 9.84. The summed E-state index contributed by atoms with van der Waals surface area (Å²) in [6.45, 7) is 24.9. The molecule has 3 aromatic heterocycles. The van der Waals surface area contributed by atoms with Gasteiger partial charge in [0.15, 0.2) is 0 Å². The van der Waals surface area contributed by atoms with Crippen molar-refractivity contribution >= 4 is 11.8 Å². The van der Waals surface area contributed by atoms with Gasteiger partial charge in [0.1, 0.15) is 40.5 Å². The standard InChI is InChI=1S/C27H34N2O2.C26H32N2O3.C18H18N2O/c1-20-12-14-23(15-13-20)26-28-18-21(2)29(26)19-24-10-6-7-11-25(24)31-17-9-8-16-27(4,5)22(3)30;1-19-11-13-21(14-12-19)24-27-17-20(2)28(24)18-22-9-5-6-10-23(22)31-16-8-7-15-26(3,4)25(29)30;1-13-7-9-15(10-8-13)18-19-11-14(2)20(18)12-16-5-3-4-6-17(16)21/h6-7,10-15,18H,8-9,16-17,19H2,1-5H3;5-6,9-14,17H,7-8,15-16,18H2,1-4H3,(H,29,30);3-11,21H,12H2,1-2H3. The predicted octanol–water partition coefficient (Wildman–Crippen LogP) is 16.2. The maximum Gasteiger partial charge on any atom is 0.309 e. The first-order valence-corrected chi connectivity index (χ1v) is 28.9. The van der Waals surface area contributed by atoms with Crippen LogP contribution in [0.1, 0.15) is 124 Å². The predicted molar refractivity (Wildman–Crippen MR) is 334 cm³/mol. The van der Waals surface area contributed by atoms with E-state index < -0.39 is 11.4 Å². The number of para-hydroxylation sites is 3. The van der Waals surface area contributed by atoms with Crippen molar-refractivity contribution in [3.8, 4) is 51.4 Å². The number of carbonyl (C=O) groups is 2. The molecule has 0 atom stereocenters. The van der Waals surface area contributed by atoms with Crippen LogP contribution in [0.25, 0.3) is 34.2 Å². The smallest absolute Gasteiger partial charge is 0.309 e. The number of unbranched alkanes of at least 4 members (excludes halogenated alkanes) is 2. The van der Waals surface area contributed by atoms with Crippen LogP contribution in [0.4, 0.5) is 0 Å². The lowest BCUT2D eigenvalue weighted by Gasteiger charge is -2.20. The Morgan fingerprint density at radius 1 is 0.446 bits per heavy atom. The van der Waals surface area contributed by atoms with Crippen molar-refractivity contribution in [2.24, 2.45) is 10.8 Å². The largest absolute Gasteiger partial charge is 0.508 e. The van der Waals surface area contributed by atoms with Crippen LogP contribution >= 0.6 is 0 Å². The monoisotopic (exact) mass is 1120 g/mol. The summed E-state index contributed by atoms with van der Waals surface area (Å²) in [5, 5.41) is 19.2. The minimum atomic E-state index is -0.751. The molecule has 0 radical (unpaired) electrons. The highest BCUT2D eigenvalue weighted by molar-refractivity contribution is 5.81. The van der Waals surface area contributed by atoms with Crippen molar-refractivity contribution in [3.63, 3.8) is 0 Å². The van der Waals surface area contributed by atoms with Crippen LogP contribution in [0.2, 0.25) is 0 Å². The number of nitrogens with zero attached hydrogens (tertiary/aromatic N) is 6. The second-order valence-electron chi connectivity index (χ2n) is 23.1. The highest BCUT2D eigenvalue weighted by Crippen LogP contribution is 2.30.